The molecule has 8 nitrogen and oxygen atoms in total. The molecule has 2 aromatic carbocycles. The maximum Gasteiger partial charge on any atom is 0.291 e. The molecule has 0 bridgehead atoms. The summed E-state index contributed by atoms with van der Waals surface area (Å²) in [5, 5.41) is 16.1. The lowest BCUT2D eigenvalue weighted by Crippen LogP contribution is -2.13. The van der Waals surface area contributed by atoms with Crippen LogP contribution in [0.25, 0.3) is 0 Å². The molecule has 8 heteroatoms. The number of furan rings is 1. The van der Waals surface area contributed by atoms with Gasteiger partial charge in [-0.15, -0.1) is 0 Å². The van der Waals surface area contributed by atoms with Crippen LogP contribution in [0.3, 0.4) is 0 Å². The SMILES string of the molecule is O=C(Nc1cccc(NC(=O)c2ccco2)c1)c1cccc([N+](=O)[O-])c1. The summed E-state index contributed by atoms with van der Waals surface area (Å²) in [6, 6.07) is 15.1. The molecular weight excluding hydrogens is 338 g/mol. The summed E-state index contributed by atoms with van der Waals surface area (Å²) in [7, 11) is 0. The summed E-state index contributed by atoms with van der Waals surface area (Å²) in [4.78, 5) is 34.5. The van der Waals surface area contributed by atoms with E-state index < -0.39 is 16.7 Å². The molecule has 0 saturated heterocycles. The van der Waals surface area contributed by atoms with Gasteiger partial charge in [0.05, 0.1) is 11.2 Å². The van der Waals surface area contributed by atoms with E-state index in [-0.39, 0.29) is 17.0 Å². The highest BCUT2D eigenvalue weighted by Crippen LogP contribution is 2.19. The van der Waals surface area contributed by atoms with Gasteiger partial charge in [-0.05, 0) is 36.4 Å². The maximum absolute atomic E-state index is 12.3. The average molecular weight is 351 g/mol. The third kappa shape index (κ3) is 3.93. The molecule has 26 heavy (non-hydrogen) atoms. The minimum Gasteiger partial charge on any atom is -0.459 e. The molecule has 0 aliphatic carbocycles. The molecule has 0 atom stereocenters. The Morgan fingerprint density at radius 2 is 1.58 bits per heavy atom. The van der Waals surface area contributed by atoms with Crippen molar-refractivity contribution in [1.82, 2.24) is 0 Å². The number of nitro benzene ring substituents is 1. The maximum atomic E-state index is 12.3. The Morgan fingerprint density at radius 1 is 0.885 bits per heavy atom. The van der Waals surface area contributed by atoms with Crippen LogP contribution in [0.4, 0.5) is 17.1 Å². The predicted octanol–water partition coefficient (Wildman–Crippen LogP) is 3.69. The zero-order chi connectivity index (χ0) is 18.5. The number of hydrogen-bond donors (Lipinski definition) is 2. The summed E-state index contributed by atoms with van der Waals surface area (Å²) < 4.78 is 5.01. The number of non-ortho nitro benzene ring substituents is 1. The van der Waals surface area contributed by atoms with E-state index >= 15 is 0 Å². The van der Waals surface area contributed by atoms with Crippen molar-refractivity contribution in [2.45, 2.75) is 0 Å². The van der Waals surface area contributed by atoms with E-state index in [9.17, 15) is 19.7 Å². The standard InChI is InChI=1S/C18H13N3O5/c22-17(12-4-1-7-15(10-12)21(24)25)19-13-5-2-6-14(11-13)20-18(23)16-8-3-9-26-16/h1-11H,(H,19,22)(H,20,23). The van der Waals surface area contributed by atoms with E-state index in [1.54, 1.807) is 30.3 Å². The number of carbonyl (C=O) groups excluding carboxylic acids is 2. The first kappa shape index (κ1) is 16.9. The van der Waals surface area contributed by atoms with Gasteiger partial charge >= 0.3 is 0 Å². The normalized spacial score (nSPS) is 10.2. The van der Waals surface area contributed by atoms with Gasteiger partial charge < -0.3 is 15.1 Å². The largest absolute Gasteiger partial charge is 0.459 e. The third-order valence-corrected chi connectivity index (χ3v) is 3.44. The smallest absolute Gasteiger partial charge is 0.291 e. The van der Waals surface area contributed by atoms with E-state index in [1.807, 2.05) is 0 Å². The first-order valence-electron chi connectivity index (χ1n) is 7.53. The van der Waals surface area contributed by atoms with Crippen LogP contribution in [0.2, 0.25) is 0 Å². The van der Waals surface area contributed by atoms with Crippen molar-refractivity contribution < 1.29 is 18.9 Å². The molecule has 0 spiro atoms. The fraction of sp³-hybridized carbons (Fsp3) is 0. The van der Waals surface area contributed by atoms with E-state index in [0.717, 1.165) is 0 Å². The van der Waals surface area contributed by atoms with E-state index in [0.29, 0.717) is 11.4 Å². The number of anilines is 2. The minimum atomic E-state index is -0.568. The molecule has 2 amide bonds. The minimum absolute atomic E-state index is 0.157. The van der Waals surface area contributed by atoms with Crippen molar-refractivity contribution in [3.8, 4) is 0 Å². The summed E-state index contributed by atoms with van der Waals surface area (Å²) in [6.45, 7) is 0. The number of nitro groups is 1. The van der Waals surface area contributed by atoms with Crippen molar-refractivity contribution >= 4 is 28.9 Å². The van der Waals surface area contributed by atoms with E-state index in [1.165, 1.54) is 36.6 Å². The highest BCUT2D eigenvalue weighted by molar-refractivity contribution is 6.06. The van der Waals surface area contributed by atoms with Gasteiger partial charge in [-0.1, -0.05) is 12.1 Å². The Morgan fingerprint density at radius 3 is 2.23 bits per heavy atom. The molecule has 0 fully saturated rings. The number of benzene rings is 2. The number of nitrogens with one attached hydrogen (secondary N) is 2. The quantitative estimate of drug-likeness (QED) is 0.537. The Kier molecular flexibility index (Phi) is 4.75. The number of nitrogens with zero attached hydrogens (tertiary/aromatic N) is 1. The predicted molar refractivity (Wildman–Crippen MR) is 94.2 cm³/mol. The van der Waals surface area contributed by atoms with Gasteiger partial charge in [-0.25, -0.2) is 0 Å². The number of hydrogen-bond acceptors (Lipinski definition) is 5. The van der Waals surface area contributed by atoms with Crippen LogP contribution in [0.15, 0.2) is 71.3 Å². The van der Waals surface area contributed by atoms with Gasteiger partial charge in [0.25, 0.3) is 17.5 Å². The molecule has 0 radical (unpaired) electrons. The van der Waals surface area contributed by atoms with Crippen molar-refractivity contribution in [2.75, 3.05) is 10.6 Å². The van der Waals surface area contributed by atoms with Crippen molar-refractivity contribution in [3.63, 3.8) is 0 Å². The molecular formula is C18H13N3O5. The second kappa shape index (κ2) is 7.31. The lowest BCUT2D eigenvalue weighted by Gasteiger charge is -2.08. The van der Waals surface area contributed by atoms with E-state index in [2.05, 4.69) is 10.6 Å². The van der Waals surface area contributed by atoms with Crippen LogP contribution in [-0.4, -0.2) is 16.7 Å². The topological polar surface area (TPSA) is 114 Å². The Balaban J connectivity index is 1.72. The molecule has 1 aromatic heterocycles. The highest BCUT2D eigenvalue weighted by Gasteiger charge is 2.13. The molecule has 0 aliphatic heterocycles. The first-order valence-corrected chi connectivity index (χ1v) is 7.53. The molecule has 3 rings (SSSR count). The third-order valence-electron chi connectivity index (χ3n) is 3.44. The summed E-state index contributed by atoms with van der Waals surface area (Å²) in [5.74, 6) is -0.753. The van der Waals surface area contributed by atoms with Gasteiger partial charge in [-0.2, -0.15) is 0 Å². The van der Waals surface area contributed by atoms with Crippen LogP contribution in [0.1, 0.15) is 20.9 Å². The van der Waals surface area contributed by atoms with Crippen LogP contribution in [0, 0.1) is 10.1 Å². The van der Waals surface area contributed by atoms with Gasteiger partial charge in [0.2, 0.25) is 0 Å². The molecule has 1 heterocycles. The molecule has 0 saturated carbocycles. The van der Waals surface area contributed by atoms with Crippen molar-refractivity contribution in [2.24, 2.45) is 0 Å². The molecule has 130 valence electrons. The van der Waals surface area contributed by atoms with Crippen LogP contribution in [-0.2, 0) is 0 Å². The van der Waals surface area contributed by atoms with Gasteiger partial charge in [0.1, 0.15) is 0 Å². The van der Waals surface area contributed by atoms with E-state index in [4.69, 9.17) is 4.42 Å². The first-order chi connectivity index (χ1) is 12.5. The lowest BCUT2D eigenvalue weighted by atomic mass is 10.2. The fourth-order valence-electron chi connectivity index (χ4n) is 2.24. The van der Waals surface area contributed by atoms with Crippen LogP contribution >= 0.6 is 0 Å². The second-order valence-corrected chi connectivity index (χ2v) is 5.27. The fourth-order valence-corrected chi connectivity index (χ4v) is 2.24. The number of rotatable bonds is 5. The Bertz CT molecular complexity index is 966. The number of amides is 2. The molecule has 0 aliphatic rings. The second-order valence-electron chi connectivity index (χ2n) is 5.27. The molecule has 0 unspecified atom stereocenters. The van der Waals surface area contributed by atoms with Gasteiger partial charge in [0.15, 0.2) is 5.76 Å². The lowest BCUT2D eigenvalue weighted by molar-refractivity contribution is -0.384. The highest BCUT2D eigenvalue weighted by atomic mass is 16.6. The number of carbonyl (C=O) groups is 2. The summed E-state index contributed by atoms with van der Waals surface area (Å²) in [5.41, 5.74) is 0.878. The van der Waals surface area contributed by atoms with Gasteiger partial charge in [-0.3, -0.25) is 19.7 Å². The zero-order valence-corrected chi connectivity index (χ0v) is 13.3. The Hall–Kier alpha value is -3.94. The van der Waals surface area contributed by atoms with Crippen molar-refractivity contribution in [3.05, 3.63) is 88.4 Å². The monoisotopic (exact) mass is 351 g/mol. The van der Waals surface area contributed by atoms with Crippen molar-refractivity contribution in [1.29, 1.82) is 0 Å². The van der Waals surface area contributed by atoms with Gasteiger partial charge in [0, 0.05) is 29.1 Å². The Labute approximate surface area is 147 Å². The molecule has 2 N–H and O–H groups in total. The average Bonchev–Trinajstić information content (AvgIpc) is 3.17. The summed E-state index contributed by atoms with van der Waals surface area (Å²) >= 11 is 0. The molecule has 3 aromatic rings. The summed E-state index contributed by atoms with van der Waals surface area (Å²) in [6.07, 6.45) is 1.39. The zero-order valence-electron chi connectivity index (χ0n) is 13.3. The van der Waals surface area contributed by atoms with Crippen LogP contribution < -0.4 is 10.6 Å². The van der Waals surface area contributed by atoms with Crippen LogP contribution in [0.5, 0.6) is 0 Å².